The van der Waals surface area contributed by atoms with E-state index in [0.717, 1.165) is 0 Å². The molecular weight excluding hydrogens is 244 g/mol. The molecule has 17 heavy (non-hydrogen) atoms. The lowest BCUT2D eigenvalue weighted by Crippen LogP contribution is -2.14. The van der Waals surface area contributed by atoms with Crippen LogP contribution in [0.3, 0.4) is 0 Å². The van der Waals surface area contributed by atoms with Gasteiger partial charge in [0, 0.05) is 12.1 Å². The van der Waals surface area contributed by atoms with Crippen molar-refractivity contribution in [1.82, 2.24) is 0 Å². The van der Waals surface area contributed by atoms with Crippen LogP contribution in [0.15, 0.2) is 18.2 Å². The van der Waals surface area contributed by atoms with Gasteiger partial charge in [-0.05, 0) is 24.5 Å². The molecule has 0 aliphatic rings. The van der Waals surface area contributed by atoms with Crippen LogP contribution in [0.25, 0.3) is 0 Å². The second kappa shape index (κ2) is 6.42. The Morgan fingerprint density at radius 1 is 1.47 bits per heavy atom. The van der Waals surface area contributed by atoms with Crippen LogP contribution in [0.1, 0.15) is 31.9 Å². The van der Waals surface area contributed by atoms with E-state index in [2.05, 4.69) is 0 Å². The van der Waals surface area contributed by atoms with E-state index in [1.165, 1.54) is 18.2 Å². The lowest BCUT2D eigenvalue weighted by molar-refractivity contribution is -0.385. The summed E-state index contributed by atoms with van der Waals surface area (Å²) in [7, 11) is 0. The Kier molecular flexibility index (Phi) is 5.91. The highest BCUT2D eigenvalue weighted by Crippen LogP contribution is 2.30. The van der Waals surface area contributed by atoms with E-state index in [9.17, 15) is 15.2 Å². The summed E-state index contributed by atoms with van der Waals surface area (Å²) in [5.41, 5.74) is 6.24. The van der Waals surface area contributed by atoms with Gasteiger partial charge in [0.25, 0.3) is 5.69 Å². The van der Waals surface area contributed by atoms with Crippen LogP contribution in [0.5, 0.6) is 5.75 Å². The average Bonchev–Trinajstić information content (AvgIpc) is 2.15. The fourth-order valence-corrected chi connectivity index (χ4v) is 1.64. The summed E-state index contributed by atoms with van der Waals surface area (Å²) in [4.78, 5) is 10.3. The molecule has 3 N–H and O–H groups in total. The zero-order valence-corrected chi connectivity index (χ0v) is 10.6. The van der Waals surface area contributed by atoms with E-state index in [1.807, 2.05) is 13.8 Å². The fraction of sp³-hybridized carbons (Fsp3) is 0.455. The van der Waals surface area contributed by atoms with E-state index in [0.29, 0.717) is 17.9 Å². The van der Waals surface area contributed by atoms with Crippen LogP contribution in [-0.4, -0.2) is 10.0 Å². The maximum Gasteiger partial charge on any atom is 0.274 e. The first kappa shape index (κ1) is 15.7. The van der Waals surface area contributed by atoms with Gasteiger partial charge in [0.05, 0.1) is 10.5 Å². The quantitative estimate of drug-likeness (QED) is 0.643. The zero-order chi connectivity index (χ0) is 12.3. The molecule has 0 spiro atoms. The van der Waals surface area contributed by atoms with Crippen LogP contribution in [0.2, 0.25) is 0 Å². The topological polar surface area (TPSA) is 89.4 Å². The lowest BCUT2D eigenvalue weighted by atomic mass is 9.96. The number of nitrogens with two attached hydrogens (primary N) is 1. The highest BCUT2D eigenvalue weighted by atomic mass is 35.5. The van der Waals surface area contributed by atoms with Crippen LogP contribution in [0.4, 0.5) is 5.69 Å². The molecule has 1 aromatic carbocycles. The van der Waals surface area contributed by atoms with Crippen molar-refractivity contribution in [1.29, 1.82) is 0 Å². The van der Waals surface area contributed by atoms with E-state index in [1.54, 1.807) is 0 Å². The van der Waals surface area contributed by atoms with Gasteiger partial charge in [-0.3, -0.25) is 10.1 Å². The highest BCUT2D eigenvalue weighted by Gasteiger charge is 2.20. The molecule has 1 atom stereocenters. The second-order valence-corrected chi connectivity index (χ2v) is 4.24. The molecule has 1 aromatic rings. The van der Waals surface area contributed by atoms with E-state index in [4.69, 9.17) is 5.73 Å². The summed E-state index contributed by atoms with van der Waals surface area (Å²) in [5, 5.41) is 20.1. The number of nitrogens with zero attached hydrogens (tertiary/aromatic N) is 1. The molecule has 1 rings (SSSR count). The maximum atomic E-state index is 10.8. The number of rotatable bonds is 4. The van der Waals surface area contributed by atoms with Crippen molar-refractivity contribution in [2.24, 2.45) is 11.7 Å². The molecule has 0 fully saturated rings. The summed E-state index contributed by atoms with van der Waals surface area (Å²) in [5.74, 6) is 0.344. The summed E-state index contributed by atoms with van der Waals surface area (Å²) in [6.45, 7) is 3.99. The van der Waals surface area contributed by atoms with Crippen LogP contribution in [0, 0.1) is 16.0 Å². The molecule has 0 aliphatic heterocycles. The van der Waals surface area contributed by atoms with Gasteiger partial charge in [0.1, 0.15) is 5.75 Å². The number of nitro groups is 1. The second-order valence-electron chi connectivity index (χ2n) is 4.24. The summed E-state index contributed by atoms with van der Waals surface area (Å²) in [6, 6.07) is 3.52. The molecule has 6 heteroatoms. The minimum Gasteiger partial charge on any atom is -0.508 e. The predicted molar refractivity (Wildman–Crippen MR) is 68.4 cm³/mol. The van der Waals surface area contributed by atoms with Crippen molar-refractivity contribution >= 4 is 18.1 Å². The third-order valence-electron chi connectivity index (χ3n) is 2.33. The molecule has 0 heterocycles. The Balaban J connectivity index is 0.00000256. The Labute approximate surface area is 106 Å². The zero-order valence-electron chi connectivity index (χ0n) is 9.79. The normalized spacial score (nSPS) is 12.0. The van der Waals surface area contributed by atoms with E-state index < -0.39 is 11.0 Å². The predicted octanol–water partition coefficient (Wildman–Crippen LogP) is 2.77. The largest absolute Gasteiger partial charge is 0.508 e. The molecule has 0 radical (unpaired) electrons. The third kappa shape index (κ3) is 4.20. The number of phenolic OH excluding ortho intramolecular Hbond substituents is 1. The van der Waals surface area contributed by atoms with E-state index in [-0.39, 0.29) is 23.8 Å². The lowest BCUT2D eigenvalue weighted by Gasteiger charge is -2.14. The Morgan fingerprint density at radius 3 is 2.53 bits per heavy atom. The number of hydrogen-bond acceptors (Lipinski definition) is 4. The monoisotopic (exact) mass is 260 g/mol. The molecular formula is C11H17ClN2O3. The molecule has 0 saturated carbocycles. The Bertz CT molecular complexity index is 396. The minimum absolute atomic E-state index is 0. The number of phenols is 1. The van der Waals surface area contributed by atoms with Gasteiger partial charge >= 0.3 is 0 Å². The van der Waals surface area contributed by atoms with Gasteiger partial charge in [-0.25, -0.2) is 0 Å². The molecule has 0 aromatic heterocycles. The Hall–Kier alpha value is -1.33. The van der Waals surface area contributed by atoms with Crippen molar-refractivity contribution in [3.8, 4) is 5.75 Å². The number of benzene rings is 1. The van der Waals surface area contributed by atoms with Gasteiger partial charge in [0.2, 0.25) is 0 Å². The number of nitro benzene ring substituents is 1. The Morgan fingerprint density at radius 2 is 2.06 bits per heavy atom. The summed E-state index contributed by atoms with van der Waals surface area (Å²) < 4.78 is 0. The van der Waals surface area contributed by atoms with Gasteiger partial charge in [0.15, 0.2) is 0 Å². The first-order chi connectivity index (χ1) is 7.41. The number of aromatic hydroxyl groups is 1. The molecule has 0 bridgehead atoms. The first-order valence-electron chi connectivity index (χ1n) is 5.14. The van der Waals surface area contributed by atoms with Gasteiger partial charge in [-0.15, -0.1) is 12.4 Å². The molecule has 0 amide bonds. The molecule has 0 unspecified atom stereocenters. The SMILES string of the molecule is CC(C)C[C@H](N)c1cc(O)ccc1[N+](=O)[O-].Cl. The fourth-order valence-electron chi connectivity index (χ4n) is 1.64. The van der Waals surface area contributed by atoms with Crippen LogP contribution in [-0.2, 0) is 0 Å². The van der Waals surface area contributed by atoms with E-state index >= 15 is 0 Å². The number of hydrogen-bond donors (Lipinski definition) is 2. The van der Waals surface area contributed by atoms with Gasteiger partial charge in [-0.2, -0.15) is 0 Å². The summed E-state index contributed by atoms with van der Waals surface area (Å²) in [6.07, 6.45) is 0.643. The van der Waals surface area contributed by atoms with Crippen molar-refractivity contribution in [2.45, 2.75) is 26.3 Å². The third-order valence-corrected chi connectivity index (χ3v) is 2.33. The van der Waals surface area contributed by atoms with Crippen molar-refractivity contribution in [3.05, 3.63) is 33.9 Å². The maximum absolute atomic E-state index is 10.8. The van der Waals surface area contributed by atoms with Crippen LogP contribution < -0.4 is 5.73 Å². The summed E-state index contributed by atoms with van der Waals surface area (Å²) >= 11 is 0. The number of halogens is 1. The minimum atomic E-state index is -0.477. The first-order valence-corrected chi connectivity index (χ1v) is 5.14. The standard InChI is InChI=1S/C11H16N2O3.ClH/c1-7(2)5-10(12)9-6-8(14)3-4-11(9)13(15)16;/h3-4,6-7,10,14H,5,12H2,1-2H3;1H/t10-;/m0./s1. The molecule has 5 nitrogen and oxygen atoms in total. The molecule has 0 saturated heterocycles. The highest BCUT2D eigenvalue weighted by molar-refractivity contribution is 5.85. The smallest absolute Gasteiger partial charge is 0.274 e. The van der Waals surface area contributed by atoms with Crippen LogP contribution >= 0.6 is 12.4 Å². The molecule has 96 valence electrons. The van der Waals surface area contributed by atoms with Crippen molar-refractivity contribution in [3.63, 3.8) is 0 Å². The van der Waals surface area contributed by atoms with Gasteiger partial charge < -0.3 is 10.8 Å². The average molecular weight is 261 g/mol. The van der Waals surface area contributed by atoms with Crippen molar-refractivity contribution in [2.75, 3.05) is 0 Å². The molecule has 0 aliphatic carbocycles. The van der Waals surface area contributed by atoms with Crippen molar-refractivity contribution < 1.29 is 10.0 Å². The van der Waals surface area contributed by atoms with Gasteiger partial charge in [-0.1, -0.05) is 13.8 Å².